The standard InChI is InChI=1S/C26H27FN6O2/c1-16(17-6-4-3-5-7-17)30-25-29-13-12-20(31-25)22-21(18-8-10-19(27)11-9-18)32-23(33-22)24-34-14-26(2,28)15-35-24/h3-13,16,24H,14-15,28H2,1-2H3,(H,32,33)(H,29,30,31). The van der Waals surface area contributed by atoms with Crippen LogP contribution < -0.4 is 11.1 Å². The molecule has 9 heteroatoms. The average molecular weight is 475 g/mol. The van der Waals surface area contributed by atoms with Gasteiger partial charge in [-0.15, -0.1) is 0 Å². The summed E-state index contributed by atoms with van der Waals surface area (Å²) in [5.41, 5.74) is 9.28. The molecule has 4 aromatic rings. The van der Waals surface area contributed by atoms with Gasteiger partial charge >= 0.3 is 0 Å². The van der Waals surface area contributed by atoms with E-state index in [2.05, 4.69) is 15.3 Å². The highest BCUT2D eigenvalue weighted by molar-refractivity contribution is 5.77. The molecule has 2 aromatic carbocycles. The van der Waals surface area contributed by atoms with Gasteiger partial charge in [-0.25, -0.2) is 19.3 Å². The fraction of sp³-hybridized carbons (Fsp3) is 0.269. The predicted molar refractivity (Wildman–Crippen MR) is 131 cm³/mol. The molecule has 8 nitrogen and oxygen atoms in total. The number of aromatic amines is 1. The van der Waals surface area contributed by atoms with Crippen molar-refractivity contribution < 1.29 is 13.9 Å². The first-order chi connectivity index (χ1) is 16.9. The highest BCUT2D eigenvalue weighted by Gasteiger charge is 2.32. The Kier molecular flexibility index (Phi) is 6.29. The number of hydrogen-bond acceptors (Lipinski definition) is 7. The Morgan fingerprint density at radius 1 is 1.06 bits per heavy atom. The zero-order valence-electron chi connectivity index (χ0n) is 19.5. The molecule has 1 saturated heterocycles. The van der Waals surface area contributed by atoms with Crippen molar-refractivity contribution in [3.63, 3.8) is 0 Å². The van der Waals surface area contributed by atoms with Gasteiger partial charge in [0.15, 0.2) is 5.82 Å². The number of aromatic nitrogens is 4. The van der Waals surface area contributed by atoms with Crippen LogP contribution in [0.25, 0.3) is 22.6 Å². The van der Waals surface area contributed by atoms with E-state index in [0.29, 0.717) is 42.1 Å². The molecular weight excluding hydrogens is 447 g/mol. The van der Waals surface area contributed by atoms with E-state index in [1.807, 2.05) is 44.2 Å². The number of rotatable bonds is 6. The zero-order chi connectivity index (χ0) is 24.4. The quantitative estimate of drug-likeness (QED) is 0.374. The minimum atomic E-state index is -0.697. The summed E-state index contributed by atoms with van der Waals surface area (Å²) in [6, 6.07) is 18.0. The number of anilines is 1. The van der Waals surface area contributed by atoms with E-state index in [1.165, 1.54) is 12.1 Å². The molecule has 0 spiro atoms. The molecule has 0 aliphatic carbocycles. The molecule has 0 bridgehead atoms. The van der Waals surface area contributed by atoms with Crippen LogP contribution in [0.2, 0.25) is 0 Å². The van der Waals surface area contributed by atoms with Gasteiger partial charge in [-0.05, 0) is 49.7 Å². The van der Waals surface area contributed by atoms with Gasteiger partial charge in [0.2, 0.25) is 12.2 Å². The van der Waals surface area contributed by atoms with Crippen molar-refractivity contribution in [2.45, 2.75) is 31.7 Å². The summed E-state index contributed by atoms with van der Waals surface area (Å²) < 4.78 is 25.2. The van der Waals surface area contributed by atoms with Crippen LogP contribution >= 0.6 is 0 Å². The Hall–Kier alpha value is -3.66. The molecule has 180 valence electrons. The molecule has 5 rings (SSSR count). The van der Waals surface area contributed by atoms with Crippen LogP contribution in [0, 0.1) is 5.82 Å². The van der Waals surface area contributed by atoms with E-state index < -0.39 is 11.8 Å². The number of H-pyrrole nitrogens is 1. The maximum atomic E-state index is 13.6. The second-order valence-corrected chi connectivity index (χ2v) is 9.00. The van der Waals surface area contributed by atoms with E-state index in [1.54, 1.807) is 24.4 Å². The molecular formula is C26H27FN6O2. The largest absolute Gasteiger partial charge is 0.348 e. The Balaban J connectivity index is 1.49. The molecule has 1 aliphatic rings. The normalized spacial score (nSPS) is 21.0. The van der Waals surface area contributed by atoms with Gasteiger partial charge in [0.25, 0.3) is 0 Å². The van der Waals surface area contributed by atoms with Gasteiger partial charge in [0.1, 0.15) is 5.82 Å². The molecule has 1 fully saturated rings. The Bertz CT molecular complexity index is 1280. The molecule has 0 radical (unpaired) electrons. The van der Waals surface area contributed by atoms with E-state index in [-0.39, 0.29) is 11.9 Å². The van der Waals surface area contributed by atoms with Gasteiger partial charge in [0, 0.05) is 11.8 Å². The molecule has 4 N–H and O–H groups in total. The van der Waals surface area contributed by atoms with Gasteiger partial charge in [0.05, 0.1) is 41.9 Å². The molecule has 1 aliphatic heterocycles. The van der Waals surface area contributed by atoms with Crippen LogP contribution in [0.15, 0.2) is 66.9 Å². The highest BCUT2D eigenvalue weighted by atomic mass is 19.1. The van der Waals surface area contributed by atoms with Crippen molar-refractivity contribution in [1.82, 2.24) is 19.9 Å². The first-order valence-corrected chi connectivity index (χ1v) is 11.4. The third-order valence-electron chi connectivity index (χ3n) is 5.75. The second-order valence-electron chi connectivity index (χ2n) is 9.00. The third-order valence-corrected chi connectivity index (χ3v) is 5.75. The Labute approximate surface area is 202 Å². The highest BCUT2D eigenvalue weighted by Crippen LogP contribution is 2.33. The van der Waals surface area contributed by atoms with E-state index in [4.69, 9.17) is 25.2 Å². The Morgan fingerprint density at radius 2 is 1.77 bits per heavy atom. The second kappa shape index (κ2) is 9.53. The molecule has 1 atom stereocenters. The Morgan fingerprint density at radius 3 is 2.49 bits per heavy atom. The van der Waals surface area contributed by atoms with Crippen molar-refractivity contribution in [1.29, 1.82) is 0 Å². The summed E-state index contributed by atoms with van der Waals surface area (Å²) in [5, 5.41) is 3.34. The molecule has 2 aromatic heterocycles. The number of hydrogen-bond donors (Lipinski definition) is 3. The number of imidazole rings is 1. The van der Waals surface area contributed by atoms with Crippen LogP contribution in [0.4, 0.5) is 10.3 Å². The van der Waals surface area contributed by atoms with Gasteiger partial charge in [-0.3, -0.25) is 0 Å². The summed E-state index contributed by atoms with van der Waals surface area (Å²) in [6.45, 7) is 4.58. The monoisotopic (exact) mass is 474 g/mol. The SMILES string of the molecule is CC(Nc1nccc(-c2[nH]c(C3OCC(C)(N)CO3)nc2-c2ccc(F)cc2)n1)c1ccccc1. The predicted octanol–water partition coefficient (Wildman–Crippen LogP) is 4.61. The molecule has 0 amide bonds. The smallest absolute Gasteiger partial charge is 0.223 e. The zero-order valence-corrected chi connectivity index (χ0v) is 19.5. The van der Waals surface area contributed by atoms with Crippen LogP contribution in [0.1, 0.15) is 37.6 Å². The minimum absolute atomic E-state index is 0.00922. The maximum absolute atomic E-state index is 13.6. The van der Waals surface area contributed by atoms with Crippen LogP contribution in [0.5, 0.6) is 0 Å². The molecule has 1 unspecified atom stereocenters. The van der Waals surface area contributed by atoms with Gasteiger partial charge in [-0.2, -0.15) is 0 Å². The number of nitrogens with one attached hydrogen (secondary N) is 2. The van der Waals surface area contributed by atoms with Crippen molar-refractivity contribution >= 4 is 5.95 Å². The van der Waals surface area contributed by atoms with Gasteiger partial charge < -0.3 is 25.5 Å². The van der Waals surface area contributed by atoms with E-state index >= 15 is 0 Å². The topological polar surface area (TPSA) is 111 Å². The van der Waals surface area contributed by atoms with Gasteiger partial charge in [-0.1, -0.05) is 30.3 Å². The summed E-state index contributed by atoms with van der Waals surface area (Å²) in [7, 11) is 0. The summed E-state index contributed by atoms with van der Waals surface area (Å²) in [6.07, 6.45) is 0.988. The van der Waals surface area contributed by atoms with Crippen LogP contribution in [0.3, 0.4) is 0 Å². The molecule has 35 heavy (non-hydrogen) atoms. The summed E-state index contributed by atoms with van der Waals surface area (Å²) in [4.78, 5) is 17.2. The van der Waals surface area contributed by atoms with Crippen molar-refractivity contribution in [3.05, 3.63) is 84.1 Å². The summed E-state index contributed by atoms with van der Waals surface area (Å²) >= 11 is 0. The third kappa shape index (κ3) is 5.22. The fourth-order valence-electron chi connectivity index (χ4n) is 3.87. The lowest BCUT2D eigenvalue weighted by Gasteiger charge is -2.33. The van der Waals surface area contributed by atoms with Crippen molar-refractivity contribution in [3.8, 4) is 22.6 Å². The number of halogens is 1. The molecule has 0 saturated carbocycles. The lowest BCUT2D eigenvalue weighted by molar-refractivity contribution is -0.211. The van der Waals surface area contributed by atoms with E-state index in [9.17, 15) is 4.39 Å². The number of nitrogens with two attached hydrogens (primary N) is 1. The average Bonchev–Trinajstić information content (AvgIpc) is 3.31. The lowest BCUT2D eigenvalue weighted by Crippen LogP contribution is -2.50. The fourth-order valence-corrected chi connectivity index (χ4v) is 3.87. The van der Waals surface area contributed by atoms with E-state index in [0.717, 1.165) is 11.1 Å². The van der Waals surface area contributed by atoms with Crippen LogP contribution in [-0.4, -0.2) is 38.7 Å². The maximum Gasteiger partial charge on any atom is 0.223 e. The van der Waals surface area contributed by atoms with Crippen molar-refractivity contribution in [2.75, 3.05) is 18.5 Å². The minimum Gasteiger partial charge on any atom is -0.348 e. The number of benzene rings is 2. The van der Waals surface area contributed by atoms with Crippen molar-refractivity contribution in [2.24, 2.45) is 5.73 Å². The number of ether oxygens (including phenoxy) is 2. The summed E-state index contributed by atoms with van der Waals surface area (Å²) in [5.74, 6) is 0.639. The number of nitrogens with zero attached hydrogens (tertiary/aromatic N) is 3. The first-order valence-electron chi connectivity index (χ1n) is 11.4. The molecule has 3 heterocycles. The van der Waals surface area contributed by atoms with Crippen LogP contribution in [-0.2, 0) is 9.47 Å². The first kappa shape index (κ1) is 23.1. The lowest BCUT2D eigenvalue weighted by atomic mass is 10.1.